The molecule has 7 heteroatoms. The molecule has 2 N–H and O–H groups in total. The maximum absolute atomic E-state index is 12.6. The summed E-state index contributed by atoms with van der Waals surface area (Å²) in [6.45, 7) is 1.65. The van der Waals surface area contributed by atoms with E-state index in [2.05, 4.69) is 4.90 Å². The van der Waals surface area contributed by atoms with Gasteiger partial charge in [0, 0.05) is 19.6 Å². The van der Waals surface area contributed by atoms with Crippen molar-refractivity contribution in [3.8, 4) is 5.75 Å². The van der Waals surface area contributed by atoms with Crippen LogP contribution in [0.3, 0.4) is 0 Å². The Hall–Kier alpha value is -2.09. The highest BCUT2D eigenvalue weighted by Gasteiger charge is 2.34. The summed E-state index contributed by atoms with van der Waals surface area (Å²) in [7, 11) is 0. The van der Waals surface area contributed by atoms with Crippen LogP contribution in [0.25, 0.3) is 0 Å². The normalized spacial score (nSPS) is 18.6. The molecular weight excluding hydrogens is 371 g/mol. The first-order valence-corrected chi connectivity index (χ1v) is 9.25. The number of likely N-dealkylation sites (tertiary alicyclic amines) is 1. The summed E-state index contributed by atoms with van der Waals surface area (Å²) in [5, 5.41) is 21.0. The van der Waals surface area contributed by atoms with E-state index in [4.69, 9.17) is 4.74 Å². The average molecular weight is 395 g/mol. The first kappa shape index (κ1) is 20.6. The lowest BCUT2D eigenvalue weighted by atomic mass is 9.84. The fourth-order valence-electron chi connectivity index (χ4n) is 3.43. The lowest BCUT2D eigenvalue weighted by molar-refractivity contribution is -0.137. The predicted octanol–water partition coefficient (Wildman–Crippen LogP) is 3.43. The van der Waals surface area contributed by atoms with Gasteiger partial charge in [-0.1, -0.05) is 30.3 Å². The van der Waals surface area contributed by atoms with Gasteiger partial charge in [0.25, 0.3) is 0 Å². The lowest BCUT2D eigenvalue weighted by Crippen LogP contribution is -2.46. The van der Waals surface area contributed by atoms with Crippen molar-refractivity contribution in [2.75, 3.05) is 26.2 Å². The molecule has 1 aliphatic rings. The summed E-state index contributed by atoms with van der Waals surface area (Å²) in [6, 6.07) is 14.0. The second-order valence-electron chi connectivity index (χ2n) is 7.19. The number of aliphatic hydroxyl groups is 2. The van der Waals surface area contributed by atoms with E-state index in [1.807, 2.05) is 30.3 Å². The number of aliphatic hydroxyl groups excluding tert-OH is 1. The zero-order valence-electron chi connectivity index (χ0n) is 15.4. The van der Waals surface area contributed by atoms with Crippen LogP contribution in [0.4, 0.5) is 13.2 Å². The summed E-state index contributed by atoms with van der Waals surface area (Å²) in [5.41, 5.74) is -0.681. The van der Waals surface area contributed by atoms with Crippen LogP contribution in [0, 0.1) is 0 Å². The van der Waals surface area contributed by atoms with Crippen molar-refractivity contribution in [2.24, 2.45) is 0 Å². The third kappa shape index (κ3) is 5.25. The van der Waals surface area contributed by atoms with Gasteiger partial charge in [-0.05, 0) is 42.7 Å². The van der Waals surface area contributed by atoms with Gasteiger partial charge in [-0.2, -0.15) is 13.2 Å². The van der Waals surface area contributed by atoms with Crippen molar-refractivity contribution in [1.82, 2.24) is 4.90 Å². The van der Waals surface area contributed by atoms with Crippen molar-refractivity contribution >= 4 is 0 Å². The molecule has 1 atom stereocenters. The molecular formula is C21H24F3NO3. The third-order valence-corrected chi connectivity index (χ3v) is 5.09. The number of hydrogen-bond acceptors (Lipinski definition) is 4. The van der Waals surface area contributed by atoms with Crippen LogP contribution in [-0.2, 0) is 11.8 Å². The maximum atomic E-state index is 12.6. The Kier molecular flexibility index (Phi) is 6.27. The Morgan fingerprint density at radius 1 is 1.00 bits per heavy atom. The molecule has 0 aromatic heterocycles. The van der Waals surface area contributed by atoms with E-state index in [9.17, 15) is 23.4 Å². The molecule has 0 bridgehead atoms. The highest BCUT2D eigenvalue weighted by molar-refractivity contribution is 5.29. The molecule has 3 rings (SSSR count). The van der Waals surface area contributed by atoms with Gasteiger partial charge in [0.1, 0.15) is 18.5 Å². The molecule has 0 aliphatic carbocycles. The minimum absolute atomic E-state index is 0.00911. The number of rotatable bonds is 6. The number of hydrogen-bond donors (Lipinski definition) is 2. The number of nitrogens with zero attached hydrogens (tertiary/aromatic N) is 1. The van der Waals surface area contributed by atoms with E-state index in [1.165, 1.54) is 12.1 Å². The SMILES string of the molecule is O[C@@H](COc1ccc(C(F)(F)F)cc1)CN1CCC(O)(c2ccccc2)CC1. The summed E-state index contributed by atoms with van der Waals surface area (Å²) in [5.74, 6) is 0.282. The molecule has 28 heavy (non-hydrogen) atoms. The second kappa shape index (κ2) is 8.51. The molecule has 152 valence electrons. The zero-order valence-corrected chi connectivity index (χ0v) is 15.4. The molecule has 0 amide bonds. The summed E-state index contributed by atoms with van der Waals surface area (Å²) in [6.07, 6.45) is -4.01. The van der Waals surface area contributed by atoms with Crippen LogP contribution < -0.4 is 4.74 Å². The fraction of sp³-hybridized carbons (Fsp3) is 0.429. The lowest BCUT2D eigenvalue weighted by Gasteiger charge is -2.39. The fourth-order valence-corrected chi connectivity index (χ4v) is 3.43. The number of benzene rings is 2. The average Bonchev–Trinajstić information content (AvgIpc) is 2.69. The monoisotopic (exact) mass is 395 g/mol. The number of alkyl halides is 3. The molecule has 0 spiro atoms. The highest BCUT2D eigenvalue weighted by atomic mass is 19.4. The van der Waals surface area contributed by atoms with Gasteiger partial charge in [0.15, 0.2) is 0 Å². The Labute approximate surface area is 162 Å². The number of piperidine rings is 1. The van der Waals surface area contributed by atoms with Crippen LogP contribution in [0.2, 0.25) is 0 Å². The Bertz CT molecular complexity index is 742. The van der Waals surface area contributed by atoms with E-state index < -0.39 is 23.4 Å². The summed E-state index contributed by atoms with van der Waals surface area (Å²) >= 11 is 0. The maximum Gasteiger partial charge on any atom is 0.416 e. The van der Waals surface area contributed by atoms with Gasteiger partial charge >= 0.3 is 6.18 Å². The minimum atomic E-state index is -4.38. The van der Waals surface area contributed by atoms with E-state index >= 15 is 0 Å². The third-order valence-electron chi connectivity index (χ3n) is 5.09. The molecule has 0 unspecified atom stereocenters. The van der Waals surface area contributed by atoms with E-state index in [-0.39, 0.29) is 12.4 Å². The van der Waals surface area contributed by atoms with Gasteiger partial charge < -0.3 is 19.8 Å². The molecule has 1 heterocycles. The minimum Gasteiger partial charge on any atom is -0.491 e. The van der Waals surface area contributed by atoms with E-state index in [1.54, 1.807) is 0 Å². The van der Waals surface area contributed by atoms with Crippen molar-refractivity contribution in [3.63, 3.8) is 0 Å². The molecule has 0 radical (unpaired) electrons. The van der Waals surface area contributed by atoms with Gasteiger partial charge in [-0.3, -0.25) is 0 Å². The Balaban J connectivity index is 1.44. The molecule has 1 aliphatic heterocycles. The van der Waals surface area contributed by atoms with Crippen molar-refractivity contribution < 1.29 is 28.1 Å². The van der Waals surface area contributed by atoms with Crippen LogP contribution in [0.5, 0.6) is 5.75 Å². The second-order valence-corrected chi connectivity index (χ2v) is 7.19. The van der Waals surface area contributed by atoms with Gasteiger partial charge in [-0.15, -0.1) is 0 Å². The van der Waals surface area contributed by atoms with Crippen molar-refractivity contribution in [1.29, 1.82) is 0 Å². The number of β-amino-alcohol motifs (C(OH)–C–C–N with tert-alkyl or cyclic N) is 1. The smallest absolute Gasteiger partial charge is 0.416 e. The number of halogens is 3. The largest absolute Gasteiger partial charge is 0.491 e. The summed E-state index contributed by atoms with van der Waals surface area (Å²) in [4.78, 5) is 2.05. The standard InChI is InChI=1S/C21H24F3NO3/c22-21(23,24)17-6-8-19(9-7-17)28-15-18(26)14-25-12-10-20(27,11-13-25)16-4-2-1-3-5-16/h1-9,18,26-27H,10-15H2/t18-/m1/s1. The molecule has 2 aromatic carbocycles. The topological polar surface area (TPSA) is 52.9 Å². The van der Waals surface area contributed by atoms with E-state index in [0.717, 1.165) is 17.7 Å². The van der Waals surface area contributed by atoms with Crippen LogP contribution in [0.1, 0.15) is 24.0 Å². The molecule has 1 fully saturated rings. The number of ether oxygens (including phenoxy) is 1. The van der Waals surface area contributed by atoms with Gasteiger partial charge in [0.05, 0.1) is 11.2 Å². The quantitative estimate of drug-likeness (QED) is 0.787. The van der Waals surface area contributed by atoms with Gasteiger partial charge in [0.2, 0.25) is 0 Å². The summed E-state index contributed by atoms with van der Waals surface area (Å²) < 4.78 is 43.1. The van der Waals surface area contributed by atoms with Crippen molar-refractivity contribution in [2.45, 2.75) is 30.7 Å². The molecule has 2 aromatic rings. The first-order chi connectivity index (χ1) is 13.3. The van der Waals surface area contributed by atoms with Crippen LogP contribution in [-0.4, -0.2) is 47.5 Å². The molecule has 0 saturated carbocycles. The van der Waals surface area contributed by atoms with Crippen LogP contribution in [0.15, 0.2) is 54.6 Å². The first-order valence-electron chi connectivity index (χ1n) is 9.25. The molecule has 1 saturated heterocycles. The zero-order chi connectivity index (χ0) is 20.2. The van der Waals surface area contributed by atoms with Gasteiger partial charge in [-0.25, -0.2) is 0 Å². The van der Waals surface area contributed by atoms with Crippen LogP contribution >= 0.6 is 0 Å². The molecule has 4 nitrogen and oxygen atoms in total. The van der Waals surface area contributed by atoms with Crippen molar-refractivity contribution in [3.05, 3.63) is 65.7 Å². The predicted molar refractivity (Wildman–Crippen MR) is 99.0 cm³/mol. The van der Waals surface area contributed by atoms with E-state index in [0.29, 0.717) is 32.5 Å². The Morgan fingerprint density at radius 3 is 2.18 bits per heavy atom. The Morgan fingerprint density at radius 2 is 1.61 bits per heavy atom. The highest BCUT2D eigenvalue weighted by Crippen LogP contribution is 2.33.